The van der Waals surface area contributed by atoms with Crippen molar-refractivity contribution in [1.82, 2.24) is 14.8 Å². The Morgan fingerprint density at radius 1 is 1.26 bits per heavy atom. The molecule has 1 aliphatic heterocycles. The Morgan fingerprint density at radius 3 is 2.96 bits per heavy atom. The Balaban J connectivity index is 1.91. The Morgan fingerprint density at radius 2 is 2.13 bits per heavy atom. The van der Waals surface area contributed by atoms with E-state index in [1.807, 2.05) is 11.3 Å². The van der Waals surface area contributed by atoms with E-state index in [0.717, 1.165) is 32.6 Å². The van der Waals surface area contributed by atoms with Crippen LogP contribution in [-0.2, 0) is 19.5 Å². The summed E-state index contributed by atoms with van der Waals surface area (Å²) in [6.45, 7) is 6.64. The Hall–Kier alpha value is -1.36. The first-order valence-corrected chi connectivity index (χ1v) is 9.41. The van der Waals surface area contributed by atoms with Gasteiger partial charge in [0.05, 0.1) is 0 Å². The second kappa shape index (κ2) is 5.93. The maximum Gasteiger partial charge on any atom is 0.0493 e. The van der Waals surface area contributed by atoms with Crippen LogP contribution in [0.4, 0.5) is 0 Å². The van der Waals surface area contributed by atoms with Gasteiger partial charge in [-0.15, -0.1) is 11.3 Å². The summed E-state index contributed by atoms with van der Waals surface area (Å²) >= 11 is 1.87. The highest BCUT2D eigenvalue weighted by atomic mass is 32.1. The zero-order valence-electron chi connectivity index (χ0n) is 14.3. The van der Waals surface area contributed by atoms with Crippen LogP contribution >= 0.6 is 11.3 Å². The van der Waals surface area contributed by atoms with E-state index in [9.17, 15) is 0 Å². The fourth-order valence-electron chi connectivity index (χ4n) is 3.95. The second-order valence-corrected chi connectivity index (χ2v) is 7.82. The smallest absolute Gasteiger partial charge is 0.0493 e. The number of hydrogen-bond acceptors (Lipinski definition) is 3. The van der Waals surface area contributed by atoms with Crippen LogP contribution in [0.1, 0.15) is 23.2 Å². The van der Waals surface area contributed by atoms with Crippen LogP contribution in [0.5, 0.6) is 0 Å². The molecule has 4 heteroatoms. The average molecular weight is 327 g/mol. The summed E-state index contributed by atoms with van der Waals surface area (Å²) < 4.78 is 4.03. The molecule has 0 radical (unpaired) electrons. The van der Waals surface area contributed by atoms with E-state index in [0.29, 0.717) is 0 Å². The quantitative estimate of drug-likeness (QED) is 0.787. The maximum absolute atomic E-state index is 3.58. The molecule has 2 aromatic heterocycles. The van der Waals surface area contributed by atoms with E-state index in [4.69, 9.17) is 0 Å². The number of nitrogens with zero attached hydrogens (tertiary/aromatic N) is 2. The summed E-state index contributed by atoms with van der Waals surface area (Å²) in [5.41, 5.74) is 5.97. The van der Waals surface area contributed by atoms with Gasteiger partial charge in [0.2, 0.25) is 0 Å². The molecule has 1 aliphatic rings. The van der Waals surface area contributed by atoms with Crippen LogP contribution < -0.4 is 5.32 Å². The van der Waals surface area contributed by atoms with Crippen molar-refractivity contribution in [1.29, 1.82) is 0 Å². The molecule has 1 N–H and O–H groups in total. The number of aromatic nitrogens is 1. The third-order valence-corrected chi connectivity index (χ3v) is 6.06. The first-order valence-electron chi connectivity index (χ1n) is 8.53. The minimum atomic E-state index is 1.01. The lowest BCUT2D eigenvalue weighted by atomic mass is 10.0. The van der Waals surface area contributed by atoms with Crippen molar-refractivity contribution in [3.8, 4) is 0 Å². The Bertz CT molecular complexity index is 857. The topological polar surface area (TPSA) is 20.2 Å². The van der Waals surface area contributed by atoms with Gasteiger partial charge in [-0.1, -0.05) is 0 Å². The molecule has 0 unspecified atom stereocenters. The second-order valence-electron chi connectivity index (χ2n) is 6.91. The molecule has 3 heterocycles. The fourth-order valence-corrected chi connectivity index (χ4v) is 4.90. The van der Waals surface area contributed by atoms with E-state index in [2.05, 4.69) is 53.3 Å². The van der Waals surface area contributed by atoms with Crippen LogP contribution in [0.25, 0.3) is 21.0 Å². The number of aryl methyl sites for hydroxylation is 2. The molecule has 122 valence electrons. The third kappa shape index (κ3) is 2.49. The zero-order chi connectivity index (χ0) is 16.0. The van der Waals surface area contributed by atoms with Crippen LogP contribution in [0.3, 0.4) is 0 Å². The van der Waals surface area contributed by atoms with Gasteiger partial charge < -0.3 is 14.8 Å². The van der Waals surface area contributed by atoms with Crippen molar-refractivity contribution in [3.05, 3.63) is 34.3 Å². The fraction of sp³-hybridized carbons (Fsp3) is 0.474. The molecule has 3 aromatic rings. The number of benzene rings is 1. The number of thiophene rings is 1. The van der Waals surface area contributed by atoms with E-state index >= 15 is 0 Å². The van der Waals surface area contributed by atoms with Crippen molar-refractivity contribution in [2.24, 2.45) is 0 Å². The van der Waals surface area contributed by atoms with Crippen molar-refractivity contribution in [2.45, 2.75) is 32.9 Å². The molecule has 3 nitrogen and oxygen atoms in total. The molecule has 0 saturated heterocycles. The van der Waals surface area contributed by atoms with Crippen LogP contribution in [0.15, 0.2) is 17.5 Å². The molecule has 0 spiro atoms. The highest BCUT2D eigenvalue weighted by molar-refractivity contribution is 7.17. The van der Waals surface area contributed by atoms with Crippen LogP contribution in [-0.4, -0.2) is 36.7 Å². The highest BCUT2D eigenvalue weighted by Gasteiger charge is 2.22. The average Bonchev–Trinajstić information content (AvgIpc) is 3.06. The molecule has 4 rings (SSSR count). The number of hydrogen-bond donors (Lipinski definition) is 1. The molecule has 0 bridgehead atoms. The summed E-state index contributed by atoms with van der Waals surface area (Å²) in [5.74, 6) is 0. The van der Waals surface area contributed by atoms with Crippen molar-refractivity contribution in [3.63, 3.8) is 0 Å². The van der Waals surface area contributed by atoms with Gasteiger partial charge in [-0.3, -0.25) is 0 Å². The molecule has 0 atom stereocenters. The first kappa shape index (κ1) is 15.2. The lowest BCUT2D eigenvalue weighted by molar-refractivity contribution is 0.386. The summed E-state index contributed by atoms with van der Waals surface area (Å²) in [5, 5.41) is 8.87. The molecule has 0 saturated carbocycles. The number of nitrogens with one attached hydrogen (secondary N) is 1. The third-order valence-electron chi connectivity index (χ3n) is 5.00. The normalized spacial score (nSPS) is 15.0. The monoisotopic (exact) mass is 327 g/mol. The van der Waals surface area contributed by atoms with Crippen molar-refractivity contribution in [2.75, 3.05) is 27.2 Å². The van der Waals surface area contributed by atoms with E-state index in [1.165, 1.54) is 33.0 Å². The lowest BCUT2D eigenvalue weighted by Gasteiger charge is -2.18. The van der Waals surface area contributed by atoms with Gasteiger partial charge in [-0.05, 0) is 62.6 Å². The predicted octanol–water partition coefficient (Wildman–Crippen LogP) is 3.76. The Kier molecular flexibility index (Phi) is 3.92. The maximum atomic E-state index is 3.58. The van der Waals surface area contributed by atoms with E-state index in [-0.39, 0.29) is 0 Å². The zero-order valence-corrected chi connectivity index (χ0v) is 15.1. The van der Waals surface area contributed by atoms with Gasteiger partial charge in [-0.25, -0.2) is 0 Å². The minimum absolute atomic E-state index is 1.01. The summed E-state index contributed by atoms with van der Waals surface area (Å²) in [4.78, 5) is 2.28. The van der Waals surface area contributed by atoms with Gasteiger partial charge >= 0.3 is 0 Å². The summed E-state index contributed by atoms with van der Waals surface area (Å²) in [7, 11) is 4.32. The van der Waals surface area contributed by atoms with Gasteiger partial charge in [0.1, 0.15) is 0 Å². The SMILES string of the molecule is Cc1csc2ccc3c(c4c(n3CCCN(C)C)CCNC4)c12. The number of fused-ring (bicyclic) bond motifs is 5. The standard InChI is InChI=1S/C19H25N3S/c1-13-12-23-17-6-5-16-19(18(13)17)14-11-20-8-7-15(14)22(16)10-4-9-21(2)3/h5-6,12,20H,4,7-11H2,1-3H3. The first-order chi connectivity index (χ1) is 11.2. The molecule has 0 fully saturated rings. The predicted molar refractivity (Wildman–Crippen MR) is 101 cm³/mol. The van der Waals surface area contributed by atoms with E-state index in [1.54, 1.807) is 11.3 Å². The van der Waals surface area contributed by atoms with Crippen LogP contribution in [0.2, 0.25) is 0 Å². The summed E-state index contributed by atoms with van der Waals surface area (Å²) in [6, 6.07) is 4.66. The lowest BCUT2D eigenvalue weighted by Crippen LogP contribution is -2.25. The number of rotatable bonds is 4. The van der Waals surface area contributed by atoms with Gasteiger partial charge in [0.15, 0.2) is 0 Å². The van der Waals surface area contributed by atoms with Crippen LogP contribution in [0, 0.1) is 6.92 Å². The molecule has 0 amide bonds. The van der Waals surface area contributed by atoms with Gasteiger partial charge in [0.25, 0.3) is 0 Å². The molecular weight excluding hydrogens is 302 g/mol. The van der Waals surface area contributed by atoms with Crippen molar-refractivity contribution < 1.29 is 0 Å². The minimum Gasteiger partial charge on any atom is -0.344 e. The largest absolute Gasteiger partial charge is 0.344 e. The highest BCUT2D eigenvalue weighted by Crippen LogP contribution is 2.38. The Labute approximate surface area is 141 Å². The van der Waals surface area contributed by atoms with Gasteiger partial charge in [0, 0.05) is 52.7 Å². The molecular formula is C19H25N3S. The molecule has 23 heavy (non-hydrogen) atoms. The van der Waals surface area contributed by atoms with E-state index < -0.39 is 0 Å². The van der Waals surface area contributed by atoms with Crippen molar-refractivity contribution >= 4 is 32.3 Å². The van der Waals surface area contributed by atoms with Gasteiger partial charge in [-0.2, -0.15) is 0 Å². The summed E-state index contributed by atoms with van der Waals surface area (Å²) in [6.07, 6.45) is 2.36. The molecule has 0 aliphatic carbocycles. The molecule has 1 aromatic carbocycles.